The molecule has 1 unspecified atom stereocenters. The lowest BCUT2D eigenvalue weighted by Crippen LogP contribution is -2.22. The van der Waals surface area contributed by atoms with Gasteiger partial charge in [-0.1, -0.05) is 6.92 Å². The van der Waals surface area contributed by atoms with Crippen molar-refractivity contribution in [1.82, 2.24) is 9.36 Å². The molecular weight excluding hydrogens is 287 g/mol. The molecule has 1 rings (SSSR count). The van der Waals surface area contributed by atoms with E-state index in [1.807, 2.05) is 6.92 Å². The molecule has 3 nitrogen and oxygen atoms in total. The highest BCUT2D eigenvalue weighted by Gasteiger charge is 2.27. The van der Waals surface area contributed by atoms with Crippen molar-refractivity contribution < 1.29 is 4.74 Å². The van der Waals surface area contributed by atoms with Crippen LogP contribution in [0.1, 0.15) is 25.3 Å². The van der Waals surface area contributed by atoms with Crippen molar-refractivity contribution in [2.24, 2.45) is 0 Å². The molecule has 0 fully saturated rings. The fourth-order valence-electron chi connectivity index (χ4n) is 0.803. The lowest BCUT2D eigenvalue weighted by molar-refractivity contribution is -0.00165. The first-order valence-electron chi connectivity index (χ1n) is 3.67. The van der Waals surface area contributed by atoms with Crippen molar-refractivity contribution in [3.8, 4) is 0 Å². The van der Waals surface area contributed by atoms with E-state index in [9.17, 15) is 0 Å². The molecule has 0 spiro atoms. The molecule has 12 heavy (non-hydrogen) atoms. The molecule has 0 bridgehead atoms. The standard InChI is InChI=1S/C7H11IN2OS/c1-4-7(2,11-3)5-9-6(8)10-12-5/h4H2,1-3H3. The lowest BCUT2D eigenvalue weighted by atomic mass is 10.1. The van der Waals surface area contributed by atoms with E-state index in [0.717, 1.165) is 15.3 Å². The van der Waals surface area contributed by atoms with Gasteiger partial charge in [-0.05, 0) is 24.9 Å². The summed E-state index contributed by atoms with van der Waals surface area (Å²) >= 11 is 3.52. The van der Waals surface area contributed by atoms with Crippen molar-refractivity contribution >= 4 is 34.1 Å². The lowest BCUT2D eigenvalue weighted by Gasteiger charge is -2.22. The molecule has 1 aromatic heterocycles. The summed E-state index contributed by atoms with van der Waals surface area (Å²) in [6.45, 7) is 4.11. The highest BCUT2D eigenvalue weighted by atomic mass is 127. The largest absolute Gasteiger partial charge is 0.371 e. The molecule has 0 radical (unpaired) electrons. The highest BCUT2D eigenvalue weighted by molar-refractivity contribution is 14.1. The molecule has 0 saturated heterocycles. The van der Waals surface area contributed by atoms with Gasteiger partial charge in [-0.3, -0.25) is 0 Å². The predicted octanol–water partition coefficient (Wildman–Crippen LogP) is 2.41. The van der Waals surface area contributed by atoms with Crippen LogP contribution < -0.4 is 0 Å². The average molecular weight is 298 g/mol. The zero-order valence-corrected chi connectivity index (χ0v) is 10.3. The summed E-state index contributed by atoms with van der Waals surface area (Å²) in [6.07, 6.45) is 0.911. The van der Waals surface area contributed by atoms with Gasteiger partial charge in [0, 0.05) is 29.7 Å². The Bertz CT molecular complexity index is 260. The molecule has 0 aliphatic rings. The summed E-state index contributed by atoms with van der Waals surface area (Å²) in [5, 5.41) is 0.955. The maximum atomic E-state index is 5.39. The molecule has 5 heteroatoms. The molecule has 0 N–H and O–H groups in total. The monoisotopic (exact) mass is 298 g/mol. The van der Waals surface area contributed by atoms with Crippen LogP contribution in [0.5, 0.6) is 0 Å². The fourth-order valence-corrected chi connectivity index (χ4v) is 2.25. The molecular formula is C7H11IN2OS. The topological polar surface area (TPSA) is 35.0 Å². The minimum absolute atomic E-state index is 0.263. The first-order chi connectivity index (χ1) is 5.62. The first kappa shape index (κ1) is 10.3. The number of halogens is 1. The molecule has 68 valence electrons. The van der Waals surface area contributed by atoms with E-state index < -0.39 is 0 Å². The van der Waals surface area contributed by atoms with Gasteiger partial charge >= 0.3 is 0 Å². The van der Waals surface area contributed by atoms with Gasteiger partial charge in [0.05, 0.1) is 0 Å². The minimum Gasteiger partial charge on any atom is -0.371 e. The van der Waals surface area contributed by atoms with Crippen LogP contribution in [-0.4, -0.2) is 16.5 Å². The number of hydrogen-bond donors (Lipinski definition) is 0. The summed E-state index contributed by atoms with van der Waals surface area (Å²) in [4.78, 5) is 4.29. The van der Waals surface area contributed by atoms with Gasteiger partial charge in [0.1, 0.15) is 10.6 Å². The minimum atomic E-state index is -0.263. The quantitative estimate of drug-likeness (QED) is 0.804. The third-order valence-corrected chi connectivity index (χ3v) is 3.75. The summed E-state index contributed by atoms with van der Waals surface area (Å²) in [7, 11) is 1.71. The highest BCUT2D eigenvalue weighted by Crippen LogP contribution is 2.29. The van der Waals surface area contributed by atoms with Crippen LogP contribution in [0.3, 0.4) is 0 Å². The van der Waals surface area contributed by atoms with E-state index in [2.05, 4.69) is 38.9 Å². The zero-order valence-electron chi connectivity index (χ0n) is 7.30. The molecule has 1 heterocycles. The zero-order chi connectivity index (χ0) is 9.19. The Labute approximate surface area is 89.9 Å². The van der Waals surface area contributed by atoms with Crippen molar-refractivity contribution in [1.29, 1.82) is 0 Å². The molecule has 0 aliphatic carbocycles. The van der Waals surface area contributed by atoms with Crippen LogP contribution in [0.4, 0.5) is 0 Å². The summed E-state index contributed by atoms with van der Waals surface area (Å²) in [5.74, 6) is 0. The Morgan fingerprint density at radius 2 is 2.33 bits per heavy atom. The molecule has 0 aliphatic heterocycles. The van der Waals surface area contributed by atoms with Crippen molar-refractivity contribution in [2.45, 2.75) is 25.9 Å². The maximum absolute atomic E-state index is 5.39. The van der Waals surface area contributed by atoms with Crippen molar-refractivity contribution in [3.63, 3.8) is 0 Å². The van der Waals surface area contributed by atoms with Crippen LogP contribution in [0, 0.1) is 3.83 Å². The van der Waals surface area contributed by atoms with E-state index in [-0.39, 0.29) is 5.60 Å². The molecule has 0 amide bonds. The van der Waals surface area contributed by atoms with Crippen LogP contribution in [0.25, 0.3) is 0 Å². The Hall–Kier alpha value is 0.250. The first-order valence-corrected chi connectivity index (χ1v) is 5.52. The van der Waals surface area contributed by atoms with Crippen LogP contribution in [0.15, 0.2) is 0 Å². The number of nitrogens with zero attached hydrogens (tertiary/aromatic N) is 2. The average Bonchev–Trinajstić information content (AvgIpc) is 2.51. The van der Waals surface area contributed by atoms with Gasteiger partial charge in [0.25, 0.3) is 0 Å². The van der Waals surface area contributed by atoms with Crippen molar-refractivity contribution in [2.75, 3.05) is 7.11 Å². The molecule has 0 aromatic carbocycles. The number of methoxy groups -OCH3 is 1. The third kappa shape index (κ3) is 1.94. The van der Waals surface area contributed by atoms with E-state index in [0.29, 0.717) is 0 Å². The van der Waals surface area contributed by atoms with Crippen LogP contribution in [0.2, 0.25) is 0 Å². The Morgan fingerprint density at radius 1 is 1.67 bits per heavy atom. The fraction of sp³-hybridized carbons (Fsp3) is 0.714. The smallest absolute Gasteiger partial charge is 0.203 e. The van der Waals surface area contributed by atoms with E-state index >= 15 is 0 Å². The van der Waals surface area contributed by atoms with E-state index in [1.54, 1.807) is 7.11 Å². The summed E-state index contributed by atoms with van der Waals surface area (Å²) in [5.41, 5.74) is -0.263. The van der Waals surface area contributed by atoms with Gasteiger partial charge in [-0.2, -0.15) is 4.37 Å². The van der Waals surface area contributed by atoms with Gasteiger partial charge in [-0.25, -0.2) is 4.98 Å². The van der Waals surface area contributed by atoms with Gasteiger partial charge < -0.3 is 4.74 Å². The summed E-state index contributed by atoms with van der Waals surface area (Å²) < 4.78 is 10.3. The number of hydrogen-bond acceptors (Lipinski definition) is 4. The second kappa shape index (κ2) is 3.97. The second-order valence-corrected chi connectivity index (χ2v) is 4.37. The van der Waals surface area contributed by atoms with Gasteiger partial charge in [-0.15, -0.1) is 0 Å². The molecule has 1 aromatic rings. The van der Waals surface area contributed by atoms with Crippen LogP contribution >= 0.6 is 34.1 Å². The van der Waals surface area contributed by atoms with Crippen LogP contribution in [-0.2, 0) is 10.3 Å². The Kier molecular flexibility index (Phi) is 3.42. The van der Waals surface area contributed by atoms with Crippen molar-refractivity contribution in [3.05, 3.63) is 8.84 Å². The van der Waals surface area contributed by atoms with E-state index in [1.165, 1.54) is 11.5 Å². The SMILES string of the molecule is CCC(C)(OC)c1nc(I)ns1. The predicted molar refractivity (Wildman–Crippen MR) is 57.3 cm³/mol. The number of aromatic nitrogens is 2. The Balaban J connectivity index is 2.94. The van der Waals surface area contributed by atoms with Gasteiger partial charge in [0.2, 0.25) is 3.83 Å². The van der Waals surface area contributed by atoms with Gasteiger partial charge in [0.15, 0.2) is 0 Å². The molecule has 1 atom stereocenters. The number of rotatable bonds is 3. The Morgan fingerprint density at radius 3 is 2.67 bits per heavy atom. The second-order valence-electron chi connectivity index (χ2n) is 2.66. The third-order valence-electron chi connectivity index (χ3n) is 1.98. The number of ether oxygens (including phenoxy) is 1. The molecule has 0 saturated carbocycles. The van der Waals surface area contributed by atoms with E-state index in [4.69, 9.17) is 4.74 Å². The maximum Gasteiger partial charge on any atom is 0.203 e. The summed E-state index contributed by atoms with van der Waals surface area (Å²) in [6, 6.07) is 0. The normalized spacial score (nSPS) is 16.0.